The van der Waals surface area contributed by atoms with Gasteiger partial charge in [-0.1, -0.05) is 42.8 Å². The van der Waals surface area contributed by atoms with Crippen molar-refractivity contribution < 1.29 is 14.6 Å². The molecule has 0 heterocycles. The van der Waals surface area contributed by atoms with Crippen LogP contribution in [0.1, 0.15) is 50.5 Å². The summed E-state index contributed by atoms with van der Waals surface area (Å²) in [6.07, 6.45) is 5.68. The molecule has 21 heavy (non-hydrogen) atoms. The Bertz CT molecular complexity index is 478. The van der Waals surface area contributed by atoms with Gasteiger partial charge in [-0.2, -0.15) is 0 Å². The van der Waals surface area contributed by atoms with E-state index >= 15 is 0 Å². The van der Waals surface area contributed by atoms with Gasteiger partial charge >= 0.3 is 5.97 Å². The number of hydrogen-bond donors (Lipinski definition) is 1. The molecule has 3 nitrogen and oxygen atoms in total. The number of esters is 1. The molecule has 114 valence electrons. The average Bonchev–Trinajstić information content (AvgIpc) is 2.48. The second-order valence-corrected chi connectivity index (χ2v) is 6.01. The van der Waals surface area contributed by atoms with Crippen molar-refractivity contribution in [1.82, 2.24) is 0 Å². The molecule has 0 amide bonds. The molecular weight excluding hydrogens is 264 g/mol. The smallest absolute Gasteiger partial charge is 0.338 e. The second-order valence-electron chi connectivity index (χ2n) is 6.01. The maximum absolute atomic E-state index is 12.2. The molecule has 0 spiro atoms. The lowest BCUT2D eigenvalue weighted by atomic mass is 9.81. The normalized spacial score (nSPS) is 24.9. The fourth-order valence-corrected chi connectivity index (χ4v) is 2.95. The van der Waals surface area contributed by atoms with Crippen LogP contribution in [0.5, 0.6) is 0 Å². The molecule has 1 aliphatic rings. The predicted molar refractivity (Wildman–Crippen MR) is 83.0 cm³/mol. The Morgan fingerprint density at radius 2 is 2.05 bits per heavy atom. The standard InChI is InChI=1S/C18H24O3/c1-3-13-18(2,20)17(19)21-16-12-8-7-11-15(16)14-9-5-4-6-10-14/h3-6,9-10,15-16,20H,1,7-8,11-13H2,2H3/t15-,16+,18+/m0/s1. The summed E-state index contributed by atoms with van der Waals surface area (Å²) in [6, 6.07) is 10.2. The summed E-state index contributed by atoms with van der Waals surface area (Å²) in [5.41, 5.74) is -0.279. The molecule has 1 aromatic rings. The predicted octanol–water partition coefficient (Wildman–Crippen LogP) is 3.58. The molecule has 0 unspecified atom stereocenters. The number of hydrogen-bond acceptors (Lipinski definition) is 3. The third-order valence-electron chi connectivity index (χ3n) is 4.17. The fraction of sp³-hybridized carbons (Fsp3) is 0.500. The second kappa shape index (κ2) is 6.90. The van der Waals surface area contributed by atoms with E-state index in [0.29, 0.717) is 0 Å². The van der Waals surface area contributed by atoms with E-state index in [0.717, 1.165) is 25.7 Å². The summed E-state index contributed by atoms with van der Waals surface area (Å²) in [7, 11) is 0. The summed E-state index contributed by atoms with van der Waals surface area (Å²) in [5, 5.41) is 10.1. The van der Waals surface area contributed by atoms with E-state index in [4.69, 9.17) is 4.74 Å². The van der Waals surface area contributed by atoms with Crippen LogP contribution in [0, 0.1) is 0 Å². The molecule has 2 rings (SSSR count). The van der Waals surface area contributed by atoms with E-state index < -0.39 is 11.6 Å². The largest absolute Gasteiger partial charge is 0.460 e. The van der Waals surface area contributed by atoms with E-state index in [9.17, 15) is 9.90 Å². The lowest BCUT2D eigenvalue weighted by molar-refractivity contribution is -0.171. The van der Waals surface area contributed by atoms with E-state index in [1.165, 1.54) is 18.6 Å². The SMILES string of the molecule is C=CC[C@@](C)(O)C(=O)O[C@@H]1CCCC[C@H]1c1ccccc1. The minimum absolute atomic E-state index is 0.148. The van der Waals surface area contributed by atoms with E-state index in [2.05, 4.69) is 18.7 Å². The Kier molecular flexibility index (Phi) is 5.18. The van der Waals surface area contributed by atoms with Crippen molar-refractivity contribution >= 4 is 5.97 Å². The molecule has 1 aliphatic carbocycles. The van der Waals surface area contributed by atoms with Gasteiger partial charge in [0.2, 0.25) is 0 Å². The van der Waals surface area contributed by atoms with Gasteiger partial charge in [0.15, 0.2) is 5.60 Å². The lowest BCUT2D eigenvalue weighted by Gasteiger charge is -2.33. The highest BCUT2D eigenvalue weighted by Crippen LogP contribution is 2.35. The molecule has 1 fully saturated rings. The zero-order valence-electron chi connectivity index (χ0n) is 12.6. The van der Waals surface area contributed by atoms with Gasteiger partial charge in [-0.05, 0) is 31.7 Å². The van der Waals surface area contributed by atoms with Crippen LogP contribution in [0.3, 0.4) is 0 Å². The van der Waals surface area contributed by atoms with Crippen molar-refractivity contribution in [2.75, 3.05) is 0 Å². The van der Waals surface area contributed by atoms with Crippen molar-refractivity contribution in [1.29, 1.82) is 0 Å². The van der Waals surface area contributed by atoms with Crippen LogP contribution < -0.4 is 0 Å². The Hall–Kier alpha value is -1.61. The van der Waals surface area contributed by atoms with Gasteiger partial charge in [0.05, 0.1) is 0 Å². The molecule has 1 aromatic carbocycles. The Labute approximate surface area is 126 Å². The van der Waals surface area contributed by atoms with Crippen LogP contribution in [-0.4, -0.2) is 22.8 Å². The van der Waals surface area contributed by atoms with Gasteiger partial charge in [0, 0.05) is 12.3 Å². The van der Waals surface area contributed by atoms with Gasteiger partial charge < -0.3 is 9.84 Å². The average molecular weight is 288 g/mol. The van der Waals surface area contributed by atoms with Crippen LogP contribution in [0.4, 0.5) is 0 Å². The van der Waals surface area contributed by atoms with E-state index in [-0.39, 0.29) is 18.4 Å². The summed E-state index contributed by atoms with van der Waals surface area (Å²) >= 11 is 0. The number of ether oxygens (including phenoxy) is 1. The first kappa shape index (κ1) is 15.8. The van der Waals surface area contributed by atoms with Gasteiger partial charge in [-0.3, -0.25) is 0 Å². The molecule has 0 radical (unpaired) electrons. The summed E-state index contributed by atoms with van der Waals surface area (Å²) in [5.74, 6) is -0.321. The van der Waals surface area contributed by atoms with Crippen molar-refractivity contribution in [2.24, 2.45) is 0 Å². The van der Waals surface area contributed by atoms with Gasteiger partial charge in [0.1, 0.15) is 6.10 Å². The quantitative estimate of drug-likeness (QED) is 0.665. The molecular formula is C18H24O3. The molecule has 0 aromatic heterocycles. The van der Waals surface area contributed by atoms with E-state index in [1.54, 1.807) is 0 Å². The Morgan fingerprint density at radius 1 is 1.38 bits per heavy atom. The molecule has 0 saturated heterocycles. The minimum Gasteiger partial charge on any atom is -0.460 e. The van der Waals surface area contributed by atoms with Crippen LogP contribution in [0.25, 0.3) is 0 Å². The number of benzene rings is 1. The summed E-state index contributed by atoms with van der Waals surface area (Å²) in [4.78, 5) is 12.2. The van der Waals surface area contributed by atoms with Crippen LogP contribution in [0.2, 0.25) is 0 Å². The van der Waals surface area contributed by atoms with Crippen molar-refractivity contribution in [3.63, 3.8) is 0 Å². The number of carbonyl (C=O) groups excluding carboxylic acids is 1. The molecule has 1 saturated carbocycles. The molecule has 0 aliphatic heterocycles. The maximum atomic E-state index is 12.2. The van der Waals surface area contributed by atoms with E-state index in [1.807, 2.05) is 18.2 Å². The van der Waals surface area contributed by atoms with Crippen LogP contribution in [-0.2, 0) is 9.53 Å². The molecule has 0 bridgehead atoms. The zero-order chi connectivity index (χ0) is 15.3. The first-order chi connectivity index (χ1) is 10.0. The Morgan fingerprint density at radius 3 is 2.71 bits per heavy atom. The van der Waals surface area contributed by atoms with Gasteiger partial charge in [0.25, 0.3) is 0 Å². The lowest BCUT2D eigenvalue weighted by Crippen LogP contribution is -2.40. The highest BCUT2D eigenvalue weighted by Gasteiger charge is 2.36. The van der Waals surface area contributed by atoms with Crippen molar-refractivity contribution in [3.8, 4) is 0 Å². The van der Waals surface area contributed by atoms with Crippen LogP contribution >= 0.6 is 0 Å². The summed E-state index contributed by atoms with van der Waals surface area (Å²) < 4.78 is 5.64. The van der Waals surface area contributed by atoms with Crippen molar-refractivity contribution in [2.45, 2.75) is 56.7 Å². The zero-order valence-corrected chi connectivity index (χ0v) is 12.6. The Balaban J connectivity index is 2.09. The van der Waals surface area contributed by atoms with Gasteiger partial charge in [-0.25, -0.2) is 4.79 Å². The number of aliphatic hydroxyl groups is 1. The first-order valence-electron chi connectivity index (χ1n) is 7.64. The topological polar surface area (TPSA) is 46.5 Å². The van der Waals surface area contributed by atoms with Crippen LogP contribution in [0.15, 0.2) is 43.0 Å². The molecule has 1 N–H and O–H groups in total. The minimum atomic E-state index is -1.49. The summed E-state index contributed by atoms with van der Waals surface area (Å²) in [6.45, 7) is 5.05. The molecule has 3 heteroatoms. The third-order valence-corrected chi connectivity index (χ3v) is 4.17. The maximum Gasteiger partial charge on any atom is 0.338 e. The highest BCUT2D eigenvalue weighted by molar-refractivity contribution is 5.79. The van der Waals surface area contributed by atoms with Gasteiger partial charge in [-0.15, -0.1) is 6.58 Å². The number of carbonyl (C=O) groups is 1. The molecule has 3 atom stereocenters. The first-order valence-corrected chi connectivity index (χ1v) is 7.64. The highest BCUT2D eigenvalue weighted by atomic mass is 16.6. The fourth-order valence-electron chi connectivity index (χ4n) is 2.95. The monoisotopic (exact) mass is 288 g/mol. The third kappa shape index (κ3) is 3.94. The van der Waals surface area contributed by atoms with Crippen molar-refractivity contribution in [3.05, 3.63) is 48.6 Å². The number of rotatable bonds is 5.